The Balaban J connectivity index is 0.000000276. The Bertz CT molecular complexity index is 1400. The molecule has 0 atom stereocenters. The molecule has 0 saturated heterocycles. The van der Waals surface area contributed by atoms with Crippen LogP contribution in [0.1, 0.15) is 27.7 Å². The van der Waals surface area contributed by atoms with Gasteiger partial charge in [-0.25, -0.2) is 0 Å². The molecule has 0 saturated carbocycles. The van der Waals surface area contributed by atoms with Crippen molar-refractivity contribution in [2.24, 2.45) is 11.8 Å². The molecule has 51 heavy (non-hydrogen) atoms. The zero-order valence-electron chi connectivity index (χ0n) is 30.2. The molecular formula is C44H52O4Si2Ti. The molecule has 0 aliphatic heterocycles. The zero-order valence-corrected chi connectivity index (χ0v) is 33.7. The second-order valence-corrected chi connectivity index (χ2v) is 19.1. The van der Waals surface area contributed by atoms with Crippen molar-refractivity contribution in [3.63, 3.8) is 0 Å². The van der Waals surface area contributed by atoms with E-state index in [-0.39, 0.29) is 21.7 Å². The maximum absolute atomic E-state index is 11.6. The molecular weight excluding hydrogens is 697 g/mol. The van der Waals surface area contributed by atoms with Gasteiger partial charge >= 0.3 is 0 Å². The standard InChI is InChI=1S/2C18H16OSi.2C4H10O.Ti/c2*19-20(16-10-4-1-5-11-16,17-12-6-2-7-13-17)18-14-8-3-9-15-18;2*1-4(2)3-5;/h2*1-15,19H;2*4-5H,3H2,1-2H3;. The molecule has 7 heteroatoms. The van der Waals surface area contributed by atoms with Crippen LogP contribution in [0.5, 0.6) is 0 Å². The van der Waals surface area contributed by atoms with E-state index in [0.717, 1.165) is 31.1 Å². The van der Waals surface area contributed by atoms with Crippen molar-refractivity contribution in [3.8, 4) is 0 Å². The number of aliphatic hydroxyl groups is 2. The molecule has 0 aliphatic rings. The summed E-state index contributed by atoms with van der Waals surface area (Å²) in [5.41, 5.74) is 0. The van der Waals surface area contributed by atoms with E-state index in [1.165, 1.54) is 0 Å². The van der Waals surface area contributed by atoms with Crippen LogP contribution in [0.3, 0.4) is 0 Å². The van der Waals surface area contributed by atoms with Crippen molar-refractivity contribution in [2.45, 2.75) is 27.7 Å². The van der Waals surface area contributed by atoms with Gasteiger partial charge in [0.2, 0.25) is 0 Å². The quantitative estimate of drug-likeness (QED) is 0.136. The molecule has 4 nitrogen and oxygen atoms in total. The Morgan fingerprint density at radius 1 is 0.333 bits per heavy atom. The van der Waals surface area contributed by atoms with Crippen LogP contribution < -0.4 is 31.1 Å². The fourth-order valence-corrected chi connectivity index (χ4v) is 11.1. The van der Waals surface area contributed by atoms with Crippen LogP contribution in [0.4, 0.5) is 0 Å². The monoisotopic (exact) mass is 748 g/mol. The van der Waals surface area contributed by atoms with Crippen molar-refractivity contribution in [1.29, 1.82) is 0 Å². The van der Waals surface area contributed by atoms with Gasteiger partial charge in [-0.3, -0.25) is 0 Å². The third-order valence-electron chi connectivity index (χ3n) is 7.88. The number of benzene rings is 6. The molecule has 6 rings (SSSR count). The van der Waals surface area contributed by atoms with Crippen molar-refractivity contribution in [2.75, 3.05) is 13.2 Å². The predicted molar refractivity (Wildman–Crippen MR) is 216 cm³/mol. The van der Waals surface area contributed by atoms with E-state index in [0.29, 0.717) is 25.0 Å². The fourth-order valence-electron chi connectivity index (χ4n) is 5.08. The Morgan fingerprint density at radius 3 is 0.549 bits per heavy atom. The Hall–Kier alpha value is -3.69. The van der Waals surface area contributed by atoms with Gasteiger partial charge < -0.3 is 19.8 Å². The molecule has 0 aliphatic carbocycles. The SMILES string of the molecule is CC(C)CO.CC(C)CO.O[Si](c1ccccc1)(c1ccccc1)c1ccccc1.O[Si](c1ccccc1)(c1ccccc1)c1ccccc1.[Ti]. The normalized spacial score (nSPS) is 10.7. The first-order valence-electron chi connectivity index (χ1n) is 17.2. The number of hydrogen-bond donors (Lipinski definition) is 4. The molecule has 0 amide bonds. The van der Waals surface area contributed by atoms with Crippen molar-refractivity contribution in [3.05, 3.63) is 182 Å². The van der Waals surface area contributed by atoms with Gasteiger partial charge in [0.25, 0.3) is 16.6 Å². The summed E-state index contributed by atoms with van der Waals surface area (Å²) < 4.78 is 0. The molecule has 0 fully saturated rings. The molecule has 0 heterocycles. The van der Waals surface area contributed by atoms with E-state index in [1.54, 1.807) is 0 Å². The average molecular weight is 749 g/mol. The van der Waals surface area contributed by atoms with E-state index in [9.17, 15) is 9.59 Å². The van der Waals surface area contributed by atoms with Gasteiger partial charge in [0.05, 0.1) is 0 Å². The minimum atomic E-state index is -2.88. The predicted octanol–water partition coefficient (Wildman–Crippen LogP) is 4.56. The third-order valence-corrected chi connectivity index (χ3v) is 14.9. The van der Waals surface area contributed by atoms with Crippen LogP contribution in [0.25, 0.3) is 0 Å². The van der Waals surface area contributed by atoms with Gasteiger partial charge in [0.15, 0.2) is 0 Å². The third kappa shape index (κ3) is 12.8. The van der Waals surface area contributed by atoms with Crippen molar-refractivity contribution < 1.29 is 41.5 Å². The summed E-state index contributed by atoms with van der Waals surface area (Å²) >= 11 is 0. The van der Waals surface area contributed by atoms with Crippen molar-refractivity contribution >= 4 is 47.8 Å². The molecule has 264 valence electrons. The van der Waals surface area contributed by atoms with Crippen LogP contribution in [0.2, 0.25) is 0 Å². The van der Waals surface area contributed by atoms with Crippen LogP contribution >= 0.6 is 0 Å². The number of aliphatic hydroxyl groups excluding tert-OH is 2. The number of hydrogen-bond acceptors (Lipinski definition) is 4. The summed E-state index contributed by atoms with van der Waals surface area (Å²) in [6, 6.07) is 59.9. The van der Waals surface area contributed by atoms with E-state index in [2.05, 4.69) is 0 Å². The topological polar surface area (TPSA) is 80.9 Å². The van der Waals surface area contributed by atoms with Gasteiger partial charge in [0, 0.05) is 34.9 Å². The minimum Gasteiger partial charge on any atom is -0.421 e. The summed E-state index contributed by atoms with van der Waals surface area (Å²) in [5.74, 6) is 0.880. The smallest absolute Gasteiger partial charge is 0.285 e. The van der Waals surface area contributed by atoms with Crippen LogP contribution in [0, 0.1) is 11.8 Å². The summed E-state index contributed by atoms with van der Waals surface area (Å²) in [6.07, 6.45) is 0. The second-order valence-electron chi connectivity index (χ2n) is 12.8. The number of rotatable bonds is 8. The van der Waals surface area contributed by atoms with Gasteiger partial charge in [0.1, 0.15) is 0 Å². The summed E-state index contributed by atoms with van der Waals surface area (Å²) in [7, 11) is -5.76. The van der Waals surface area contributed by atoms with Gasteiger partial charge in [-0.05, 0) is 43.0 Å². The maximum atomic E-state index is 11.6. The van der Waals surface area contributed by atoms with Gasteiger partial charge in [-0.2, -0.15) is 0 Å². The van der Waals surface area contributed by atoms with Crippen LogP contribution in [-0.2, 0) is 21.7 Å². The molecule has 0 radical (unpaired) electrons. The summed E-state index contributed by atoms with van der Waals surface area (Å²) in [5, 5.41) is 22.4. The average Bonchev–Trinajstić information content (AvgIpc) is 3.20. The van der Waals surface area contributed by atoms with E-state index in [4.69, 9.17) is 10.2 Å². The first-order valence-corrected chi connectivity index (χ1v) is 21.1. The molecule has 6 aromatic rings. The van der Waals surface area contributed by atoms with E-state index in [1.807, 2.05) is 210 Å². The molecule has 0 aromatic heterocycles. The van der Waals surface area contributed by atoms with E-state index >= 15 is 0 Å². The van der Waals surface area contributed by atoms with Gasteiger partial charge in [-0.1, -0.05) is 210 Å². The second kappa shape index (κ2) is 23.0. The van der Waals surface area contributed by atoms with Crippen LogP contribution in [0.15, 0.2) is 182 Å². The largest absolute Gasteiger partial charge is 0.421 e. The Kier molecular flexibility index (Phi) is 19.6. The first-order chi connectivity index (χ1) is 24.2. The zero-order chi connectivity index (χ0) is 36.2. The summed E-state index contributed by atoms with van der Waals surface area (Å²) in [6.45, 7) is 8.50. The minimum absolute atomic E-state index is 0. The molecule has 0 spiro atoms. The fraction of sp³-hybridized carbons (Fsp3) is 0.182. The summed E-state index contributed by atoms with van der Waals surface area (Å²) in [4.78, 5) is 23.1. The van der Waals surface area contributed by atoms with Crippen molar-refractivity contribution in [1.82, 2.24) is 0 Å². The maximum Gasteiger partial charge on any atom is 0.285 e. The Morgan fingerprint density at radius 2 is 0.451 bits per heavy atom. The Labute approximate surface area is 322 Å². The molecule has 0 bridgehead atoms. The molecule has 4 N–H and O–H groups in total. The van der Waals surface area contributed by atoms with Crippen LogP contribution in [-0.4, -0.2) is 49.7 Å². The molecule has 0 unspecified atom stereocenters. The molecule has 6 aromatic carbocycles. The van der Waals surface area contributed by atoms with E-state index < -0.39 is 16.6 Å². The first kappa shape index (κ1) is 43.5. The van der Waals surface area contributed by atoms with Gasteiger partial charge in [-0.15, -0.1) is 0 Å².